The summed E-state index contributed by atoms with van der Waals surface area (Å²) in [4.78, 5) is 25.8. The summed E-state index contributed by atoms with van der Waals surface area (Å²) in [5.41, 5.74) is 3.72. The number of hydrogen-bond acceptors (Lipinski definition) is 7. The molecular weight excluding hydrogens is 484 g/mol. The minimum Gasteiger partial charge on any atom is -0.483 e. The number of nitrogens with zero attached hydrogens (tertiary/aromatic N) is 5. The molecule has 12 heteroatoms. The van der Waals surface area contributed by atoms with E-state index >= 15 is 0 Å². The highest BCUT2D eigenvalue weighted by molar-refractivity contribution is 7.80. The molecule has 36 heavy (non-hydrogen) atoms. The average molecular weight is 521 g/mol. The first-order valence-corrected chi connectivity index (χ1v) is 13.4. The van der Waals surface area contributed by atoms with Gasteiger partial charge in [0.25, 0.3) is 12.4 Å². The topological polar surface area (TPSA) is 140 Å². The fraction of sp³-hybridized carbons (Fsp3) is 0.625. The molecule has 3 fully saturated rings. The number of fused-ring (bicyclic) bond motifs is 2. The van der Waals surface area contributed by atoms with Crippen molar-refractivity contribution in [2.45, 2.75) is 51.1 Å². The Labute approximate surface area is 214 Å². The Hall–Kier alpha value is -2.56. The van der Waals surface area contributed by atoms with E-state index < -0.39 is 22.6 Å². The zero-order chi connectivity index (χ0) is 26.3. The SMILES string of the molecule is CCCCN1CC2CCC(C(=O)NO)(C1)N2S(=O)N1CCN(c2ccc(C#N)cc2C)CC1.O=CO. The predicted octanol–water partition coefficient (Wildman–Crippen LogP) is 1.09. The number of hydrogen-bond donors (Lipinski definition) is 3. The van der Waals surface area contributed by atoms with Crippen molar-refractivity contribution in [3.05, 3.63) is 29.3 Å². The number of piperazine rings is 2. The summed E-state index contributed by atoms with van der Waals surface area (Å²) in [6.45, 7) is 8.79. The number of carboxylic acid groups (broad SMARTS) is 1. The van der Waals surface area contributed by atoms with Crippen LogP contribution in [0.1, 0.15) is 43.7 Å². The number of hydroxylamine groups is 1. The number of rotatable bonds is 7. The van der Waals surface area contributed by atoms with E-state index in [9.17, 15) is 14.2 Å². The molecule has 3 heterocycles. The van der Waals surface area contributed by atoms with Crippen molar-refractivity contribution in [2.24, 2.45) is 0 Å². The predicted molar refractivity (Wildman–Crippen MR) is 135 cm³/mol. The average Bonchev–Trinajstić information content (AvgIpc) is 3.14. The van der Waals surface area contributed by atoms with Gasteiger partial charge < -0.3 is 10.0 Å². The number of benzene rings is 1. The van der Waals surface area contributed by atoms with Crippen molar-refractivity contribution in [1.82, 2.24) is 19.0 Å². The maximum absolute atomic E-state index is 13.8. The lowest BCUT2D eigenvalue weighted by Crippen LogP contribution is -2.69. The molecule has 4 rings (SSSR count). The van der Waals surface area contributed by atoms with Crippen LogP contribution in [0.5, 0.6) is 0 Å². The lowest BCUT2D eigenvalue weighted by molar-refractivity contribution is -0.141. The van der Waals surface area contributed by atoms with Crippen molar-refractivity contribution >= 4 is 29.2 Å². The number of unbranched alkanes of at least 4 members (excludes halogenated alkanes) is 1. The van der Waals surface area contributed by atoms with Crippen molar-refractivity contribution in [3.63, 3.8) is 0 Å². The van der Waals surface area contributed by atoms with Gasteiger partial charge in [-0.3, -0.25) is 19.7 Å². The molecule has 3 aliphatic rings. The Kier molecular flexibility index (Phi) is 9.81. The van der Waals surface area contributed by atoms with Gasteiger partial charge in [0.2, 0.25) is 0 Å². The van der Waals surface area contributed by atoms with Crippen LogP contribution in [-0.4, -0.2) is 97.8 Å². The van der Waals surface area contributed by atoms with Gasteiger partial charge in [0, 0.05) is 51.0 Å². The van der Waals surface area contributed by atoms with Crippen LogP contribution in [0.4, 0.5) is 5.69 Å². The largest absolute Gasteiger partial charge is 0.483 e. The number of carbonyl (C=O) groups is 2. The van der Waals surface area contributed by atoms with Crippen LogP contribution in [0.2, 0.25) is 0 Å². The Balaban J connectivity index is 0.00000115. The number of nitrogens with one attached hydrogen (secondary N) is 1. The number of carbonyl (C=O) groups excluding carboxylic acids is 1. The molecule has 0 aromatic heterocycles. The molecule has 11 nitrogen and oxygen atoms in total. The number of aryl methyl sites for hydroxylation is 1. The van der Waals surface area contributed by atoms with E-state index in [1.807, 2.05) is 39.2 Å². The maximum Gasteiger partial charge on any atom is 0.290 e. The highest BCUT2D eigenvalue weighted by Gasteiger charge is 2.59. The van der Waals surface area contributed by atoms with Crippen LogP contribution < -0.4 is 10.4 Å². The highest BCUT2D eigenvalue weighted by atomic mass is 32.2. The van der Waals surface area contributed by atoms with Gasteiger partial charge in [-0.2, -0.15) is 9.57 Å². The van der Waals surface area contributed by atoms with Gasteiger partial charge in [-0.15, -0.1) is 0 Å². The number of anilines is 1. The Morgan fingerprint density at radius 3 is 2.61 bits per heavy atom. The smallest absolute Gasteiger partial charge is 0.290 e. The van der Waals surface area contributed by atoms with Crippen molar-refractivity contribution in [3.8, 4) is 6.07 Å². The molecule has 3 saturated heterocycles. The number of likely N-dealkylation sites (tertiary alicyclic amines) is 1. The second-order valence-electron chi connectivity index (χ2n) is 9.44. The molecule has 0 spiro atoms. The maximum atomic E-state index is 13.8. The summed E-state index contributed by atoms with van der Waals surface area (Å²) in [5, 5.41) is 25.5. The van der Waals surface area contributed by atoms with Crippen LogP contribution in [0, 0.1) is 18.3 Å². The van der Waals surface area contributed by atoms with Crippen LogP contribution in [-0.2, 0) is 20.8 Å². The Morgan fingerprint density at radius 1 is 1.33 bits per heavy atom. The van der Waals surface area contributed by atoms with Crippen molar-refractivity contribution in [2.75, 3.05) is 50.7 Å². The molecule has 3 unspecified atom stereocenters. The van der Waals surface area contributed by atoms with Crippen LogP contribution in [0.15, 0.2) is 18.2 Å². The minimum atomic E-state index is -1.46. The molecule has 0 saturated carbocycles. The monoisotopic (exact) mass is 520 g/mol. The van der Waals surface area contributed by atoms with Gasteiger partial charge >= 0.3 is 0 Å². The molecule has 198 valence electrons. The lowest BCUT2D eigenvalue weighted by atomic mass is 9.95. The van der Waals surface area contributed by atoms with E-state index in [0.29, 0.717) is 31.6 Å². The minimum absolute atomic E-state index is 0.0348. The van der Waals surface area contributed by atoms with Crippen LogP contribution in [0.25, 0.3) is 0 Å². The third-order valence-electron chi connectivity index (χ3n) is 7.25. The van der Waals surface area contributed by atoms with Crippen LogP contribution >= 0.6 is 0 Å². The van der Waals surface area contributed by atoms with E-state index in [1.165, 1.54) is 0 Å². The molecule has 3 aliphatic heterocycles. The van der Waals surface area contributed by atoms with Gasteiger partial charge in [-0.1, -0.05) is 13.3 Å². The van der Waals surface area contributed by atoms with E-state index in [4.69, 9.17) is 15.2 Å². The van der Waals surface area contributed by atoms with E-state index in [2.05, 4.69) is 22.8 Å². The molecule has 3 atom stereocenters. The summed E-state index contributed by atoms with van der Waals surface area (Å²) >= 11 is -1.46. The second-order valence-corrected chi connectivity index (χ2v) is 10.8. The molecule has 1 amide bonds. The van der Waals surface area contributed by atoms with E-state index in [0.717, 1.165) is 56.7 Å². The van der Waals surface area contributed by atoms with Gasteiger partial charge in [0.1, 0.15) is 5.54 Å². The van der Waals surface area contributed by atoms with Crippen molar-refractivity contribution in [1.29, 1.82) is 5.26 Å². The summed E-state index contributed by atoms with van der Waals surface area (Å²) in [7, 11) is 0. The molecule has 0 radical (unpaired) electrons. The standard InChI is InChI=1S/C23H34N6O3S.CH2O2/c1-3-4-9-26-16-20-7-8-23(17-26,22(30)25-31)29(20)33(32)28-12-10-27(11-13-28)21-6-5-19(15-24)14-18(21)2;2-1-3/h5-6,14,20,31H,3-4,7-13,16-17H2,1-2H3,(H,25,30);1H,(H,2,3). The summed E-state index contributed by atoms with van der Waals surface area (Å²) in [6.07, 6.45) is 3.54. The molecule has 0 aliphatic carbocycles. The Morgan fingerprint density at radius 2 is 2.03 bits per heavy atom. The van der Waals surface area contributed by atoms with Gasteiger partial charge in [-0.05, 0) is 56.5 Å². The van der Waals surface area contributed by atoms with Gasteiger partial charge in [0.15, 0.2) is 11.2 Å². The zero-order valence-electron chi connectivity index (χ0n) is 20.9. The van der Waals surface area contributed by atoms with Gasteiger partial charge in [0.05, 0.1) is 11.6 Å². The third-order valence-corrected chi connectivity index (χ3v) is 9.04. The number of amides is 1. The zero-order valence-corrected chi connectivity index (χ0v) is 21.7. The third kappa shape index (κ3) is 5.71. The molecular formula is C24H36N6O5S. The van der Waals surface area contributed by atoms with Gasteiger partial charge in [-0.25, -0.2) is 14.0 Å². The normalized spacial score (nSPS) is 25.4. The molecule has 1 aromatic carbocycles. The Bertz CT molecular complexity index is 996. The van der Waals surface area contributed by atoms with E-state index in [1.54, 1.807) is 0 Å². The first-order valence-electron chi connectivity index (χ1n) is 12.3. The second kappa shape index (κ2) is 12.6. The summed E-state index contributed by atoms with van der Waals surface area (Å²) in [6, 6.07) is 7.92. The quantitative estimate of drug-likeness (QED) is 0.276. The van der Waals surface area contributed by atoms with Crippen LogP contribution in [0.3, 0.4) is 0 Å². The fourth-order valence-corrected chi connectivity index (χ4v) is 7.22. The molecule has 1 aromatic rings. The summed E-state index contributed by atoms with van der Waals surface area (Å²) < 4.78 is 17.6. The first-order chi connectivity index (χ1) is 17.3. The molecule has 2 bridgehead atoms. The first kappa shape index (κ1) is 28.0. The summed E-state index contributed by atoms with van der Waals surface area (Å²) in [5.74, 6) is -0.452. The fourth-order valence-electron chi connectivity index (χ4n) is 5.54. The van der Waals surface area contributed by atoms with E-state index in [-0.39, 0.29) is 12.5 Å². The number of nitriles is 1. The highest BCUT2D eigenvalue weighted by Crippen LogP contribution is 2.41. The van der Waals surface area contributed by atoms with Crippen molar-refractivity contribution < 1.29 is 24.1 Å². The molecule has 3 N–H and O–H groups in total. The lowest BCUT2D eigenvalue weighted by Gasteiger charge is -2.48.